The molecule has 1 aromatic heterocycles. The van der Waals surface area contributed by atoms with E-state index in [2.05, 4.69) is 20.8 Å². The third-order valence-corrected chi connectivity index (χ3v) is 6.32. The van der Waals surface area contributed by atoms with Gasteiger partial charge in [-0.25, -0.2) is 0 Å². The summed E-state index contributed by atoms with van der Waals surface area (Å²) in [5.74, 6) is 0.746. The standard InChI is InChI=1S/C24H28N4O5S/c1-6-14(2)20(25-21(29)18-12-11-17(32-4)13-19(18)33-5)22(30)26-24-28-27-23(34-24)15-7-9-16(31-3)10-8-15/h7-14,20H,6H2,1-5H3,(H,25,29)(H,26,28,30). The van der Waals surface area contributed by atoms with Gasteiger partial charge in [-0.2, -0.15) is 0 Å². The van der Waals surface area contributed by atoms with Gasteiger partial charge in [-0.1, -0.05) is 31.6 Å². The van der Waals surface area contributed by atoms with E-state index >= 15 is 0 Å². The molecule has 2 atom stereocenters. The van der Waals surface area contributed by atoms with E-state index < -0.39 is 11.9 Å². The van der Waals surface area contributed by atoms with E-state index in [9.17, 15) is 9.59 Å². The molecule has 0 saturated heterocycles. The molecule has 0 bridgehead atoms. The van der Waals surface area contributed by atoms with E-state index in [4.69, 9.17) is 14.2 Å². The van der Waals surface area contributed by atoms with Crippen LogP contribution in [0.4, 0.5) is 5.13 Å². The van der Waals surface area contributed by atoms with Crippen LogP contribution in [0.1, 0.15) is 30.6 Å². The normalized spacial score (nSPS) is 12.4. The lowest BCUT2D eigenvalue weighted by atomic mass is 9.98. The highest BCUT2D eigenvalue weighted by molar-refractivity contribution is 7.18. The second-order valence-electron chi connectivity index (χ2n) is 7.53. The average molecular weight is 485 g/mol. The molecule has 10 heteroatoms. The molecule has 0 fully saturated rings. The summed E-state index contributed by atoms with van der Waals surface area (Å²) in [5, 5.41) is 14.9. The highest BCUT2D eigenvalue weighted by Gasteiger charge is 2.28. The van der Waals surface area contributed by atoms with E-state index in [1.807, 2.05) is 38.1 Å². The first-order valence-corrected chi connectivity index (χ1v) is 11.5. The number of ether oxygens (including phenoxy) is 3. The Morgan fingerprint density at radius 1 is 0.971 bits per heavy atom. The first-order valence-electron chi connectivity index (χ1n) is 10.7. The summed E-state index contributed by atoms with van der Waals surface area (Å²) in [4.78, 5) is 26.1. The zero-order chi connectivity index (χ0) is 24.7. The maximum absolute atomic E-state index is 13.1. The van der Waals surface area contributed by atoms with Crippen molar-refractivity contribution in [2.24, 2.45) is 5.92 Å². The Hall–Kier alpha value is -3.66. The predicted octanol–water partition coefficient (Wildman–Crippen LogP) is 4.01. The van der Waals surface area contributed by atoms with Gasteiger partial charge in [-0.15, -0.1) is 10.2 Å². The molecule has 0 aliphatic carbocycles. The van der Waals surface area contributed by atoms with Gasteiger partial charge in [0.1, 0.15) is 28.3 Å². The molecule has 2 amide bonds. The summed E-state index contributed by atoms with van der Waals surface area (Å²) in [5.41, 5.74) is 1.17. The quantitative estimate of drug-likeness (QED) is 0.447. The van der Waals surface area contributed by atoms with Gasteiger partial charge in [0, 0.05) is 11.6 Å². The molecule has 0 aliphatic heterocycles. The molecule has 1 heterocycles. The van der Waals surface area contributed by atoms with Gasteiger partial charge in [0.05, 0.1) is 26.9 Å². The van der Waals surface area contributed by atoms with Gasteiger partial charge >= 0.3 is 0 Å². The second-order valence-corrected chi connectivity index (χ2v) is 8.51. The van der Waals surface area contributed by atoms with Crippen LogP contribution in [0.15, 0.2) is 42.5 Å². The van der Waals surface area contributed by atoms with Gasteiger partial charge in [-0.05, 0) is 42.3 Å². The molecule has 180 valence electrons. The zero-order valence-corrected chi connectivity index (χ0v) is 20.6. The topological polar surface area (TPSA) is 112 Å². The van der Waals surface area contributed by atoms with Gasteiger partial charge in [0.15, 0.2) is 0 Å². The Morgan fingerprint density at radius 3 is 2.26 bits per heavy atom. The Labute approximate surface area is 202 Å². The summed E-state index contributed by atoms with van der Waals surface area (Å²) in [6.45, 7) is 3.86. The fraction of sp³-hybridized carbons (Fsp3) is 0.333. The summed E-state index contributed by atoms with van der Waals surface area (Å²) in [6.07, 6.45) is 0.686. The van der Waals surface area contributed by atoms with Crippen LogP contribution in [-0.4, -0.2) is 49.4 Å². The smallest absolute Gasteiger partial charge is 0.255 e. The van der Waals surface area contributed by atoms with Crippen LogP contribution in [0, 0.1) is 5.92 Å². The van der Waals surface area contributed by atoms with Gasteiger partial charge in [0.2, 0.25) is 11.0 Å². The van der Waals surface area contributed by atoms with E-state index in [0.29, 0.717) is 33.6 Å². The molecule has 0 aliphatic rings. The minimum atomic E-state index is -0.780. The summed E-state index contributed by atoms with van der Waals surface area (Å²) < 4.78 is 15.7. The largest absolute Gasteiger partial charge is 0.497 e. The number of methoxy groups -OCH3 is 3. The van der Waals surface area contributed by atoms with Crippen molar-refractivity contribution in [2.45, 2.75) is 26.3 Å². The number of nitrogens with one attached hydrogen (secondary N) is 2. The number of carbonyl (C=O) groups is 2. The number of rotatable bonds is 10. The van der Waals surface area contributed by atoms with Gasteiger partial charge in [0.25, 0.3) is 5.91 Å². The number of hydrogen-bond donors (Lipinski definition) is 2. The summed E-state index contributed by atoms with van der Waals surface area (Å²) in [6, 6.07) is 11.5. The molecule has 9 nitrogen and oxygen atoms in total. The fourth-order valence-corrected chi connectivity index (χ4v) is 3.97. The summed E-state index contributed by atoms with van der Waals surface area (Å²) >= 11 is 1.25. The lowest BCUT2D eigenvalue weighted by molar-refractivity contribution is -0.119. The maximum atomic E-state index is 13.1. The van der Waals surface area contributed by atoms with Crippen LogP contribution < -0.4 is 24.8 Å². The fourth-order valence-electron chi connectivity index (χ4n) is 3.21. The Balaban J connectivity index is 1.75. The van der Waals surface area contributed by atoms with Crippen molar-refractivity contribution < 1.29 is 23.8 Å². The molecule has 3 rings (SSSR count). The molecule has 2 aromatic carbocycles. The Bertz CT molecular complexity index is 1130. The maximum Gasteiger partial charge on any atom is 0.255 e. The number of amides is 2. The molecule has 2 N–H and O–H groups in total. The van der Waals surface area contributed by atoms with Gasteiger partial charge < -0.3 is 19.5 Å². The highest BCUT2D eigenvalue weighted by Crippen LogP contribution is 2.28. The van der Waals surface area contributed by atoms with Crippen molar-refractivity contribution in [2.75, 3.05) is 26.6 Å². The van der Waals surface area contributed by atoms with Crippen LogP contribution in [0.25, 0.3) is 10.6 Å². The molecule has 0 radical (unpaired) electrons. The number of hydrogen-bond acceptors (Lipinski definition) is 8. The molecular formula is C24H28N4O5S. The lowest BCUT2D eigenvalue weighted by Gasteiger charge is -2.23. The number of benzene rings is 2. The van der Waals surface area contributed by atoms with Crippen molar-refractivity contribution in [3.05, 3.63) is 48.0 Å². The van der Waals surface area contributed by atoms with Crippen molar-refractivity contribution in [3.8, 4) is 27.8 Å². The molecular weight excluding hydrogens is 456 g/mol. The van der Waals surface area contributed by atoms with Crippen LogP contribution in [0.2, 0.25) is 0 Å². The van der Waals surface area contributed by atoms with Crippen LogP contribution in [0.5, 0.6) is 17.2 Å². The second kappa shape index (κ2) is 11.5. The predicted molar refractivity (Wildman–Crippen MR) is 131 cm³/mol. The SMILES string of the molecule is CCC(C)C(NC(=O)c1ccc(OC)cc1OC)C(=O)Nc1nnc(-c2ccc(OC)cc2)s1. The monoisotopic (exact) mass is 484 g/mol. The third kappa shape index (κ3) is 5.82. The van der Waals surface area contributed by atoms with Gasteiger partial charge in [-0.3, -0.25) is 14.9 Å². The first kappa shape index (κ1) is 25.0. The first-order chi connectivity index (χ1) is 16.4. The Morgan fingerprint density at radius 2 is 1.65 bits per heavy atom. The number of anilines is 1. The van der Waals surface area contributed by atoms with E-state index in [1.165, 1.54) is 25.6 Å². The molecule has 0 spiro atoms. The van der Waals surface area contributed by atoms with E-state index in [1.54, 1.807) is 25.3 Å². The van der Waals surface area contributed by atoms with E-state index in [-0.39, 0.29) is 11.8 Å². The van der Waals surface area contributed by atoms with Crippen molar-refractivity contribution in [1.82, 2.24) is 15.5 Å². The third-order valence-electron chi connectivity index (χ3n) is 5.43. The van der Waals surface area contributed by atoms with Crippen molar-refractivity contribution >= 4 is 28.3 Å². The van der Waals surface area contributed by atoms with Crippen LogP contribution in [-0.2, 0) is 4.79 Å². The summed E-state index contributed by atoms with van der Waals surface area (Å²) in [7, 11) is 4.61. The minimum Gasteiger partial charge on any atom is -0.497 e. The molecule has 0 saturated carbocycles. The zero-order valence-electron chi connectivity index (χ0n) is 19.7. The van der Waals surface area contributed by atoms with Crippen LogP contribution >= 0.6 is 11.3 Å². The average Bonchev–Trinajstić information content (AvgIpc) is 3.34. The number of carbonyl (C=O) groups excluding carboxylic acids is 2. The minimum absolute atomic E-state index is 0.123. The van der Waals surface area contributed by atoms with Crippen LogP contribution in [0.3, 0.4) is 0 Å². The Kier molecular flexibility index (Phi) is 8.42. The number of aromatic nitrogens is 2. The number of nitrogens with zero attached hydrogens (tertiary/aromatic N) is 2. The molecule has 2 unspecified atom stereocenters. The molecule has 34 heavy (non-hydrogen) atoms. The highest BCUT2D eigenvalue weighted by atomic mass is 32.1. The molecule has 3 aromatic rings. The van der Waals surface area contributed by atoms with Crippen molar-refractivity contribution in [3.63, 3.8) is 0 Å². The van der Waals surface area contributed by atoms with E-state index in [0.717, 1.165) is 11.3 Å². The lowest BCUT2D eigenvalue weighted by Crippen LogP contribution is -2.47. The van der Waals surface area contributed by atoms with Crippen molar-refractivity contribution in [1.29, 1.82) is 0 Å².